The summed E-state index contributed by atoms with van der Waals surface area (Å²) in [6.45, 7) is 7.83. The second-order valence-electron chi connectivity index (χ2n) is 4.20. The molecule has 2 N–H and O–H groups in total. The normalized spacial score (nSPS) is 14.5. The number of phenols is 1. The highest BCUT2D eigenvalue weighted by Crippen LogP contribution is 2.14. The summed E-state index contributed by atoms with van der Waals surface area (Å²) >= 11 is 0. The monoisotopic (exact) mass is 237 g/mol. The van der Waals surface area contributed by atoms with Gasteiger partial charge in [0, 0.05) is 12.6 Å². The molecule has 0 aromatic heterocycles. The summed E-state index contributed by atoms with van der Waals surface area (Å²) in [7, 11) is 0. The first-order valence-corrected chi connectivity index (χ1v) is 6.30. The third-order valence-electron chi connectivity index (χ3n) is 2.83. The fraction of sp³-hybridized carbons (Fsp3) is 0.571. The molecule has 0 heterocycles. The molecule has 0 radical (unpaired) electrons. The van der Waals surface area contributed by atoms with E-state index < -0.39 is 0 Å². The molecule has 17 heavy (non-hydrogen) atoms. The summed E-state index contributed by atoms with van der Waals surface area (Å²) in [4.78, 5) is 0. The number of likely N-dealkylation sites (N-methyl/N-ethyl adjacent to an activating group) is 1. The van der Waals surface area contributed by atoms with Gasteiger partial charge in [0.25, 0.3) is 0 Å². The van der Waals surface area contributed by atoms with Crippen LogP contribution < -0.4 is 5.32 Å². The SMILES string of the molecule is CCNC(Cc1cccc(O)c1)C(C)OCC. The summed E-state index contributed by atoms with van der Waals surface area (Å²) < 4.78 is 5.63. The number of rotatable bonds is 7. The molecule has 0 fully saturated rings. The zero-order valence-corrected chi connectivity index (χ0v) is 10.9. The van der Waals surface area contributed by atoms with Crippen LogP contribution >= 0.6 is 0 Å². The first-order valence-electron chi connectivity index (χ1n) is 6.30. The Morgan fingerprint density at radius 3 is 2.71 bits per heavy atom. The van der Waals surface area contributed by atoms with E-state index in [4.69, 9.17) is 4.74 Å². The lowest BCUT2D eigenvalue weighted by atomic mass is 10.0. The van der Waals surface area contributed by atoms with Gasteiger partial charge in [-0.3, -0.25) is 0 Å². The van der Waals surface area contributed by atoms with Crippen molar-refractivity contribution in [2.24, 2.45) is 0 Å². The number of benzene rings is 1. The minimum atomic E-state index is 0.169. The quantitative estimate of drug-likeness (QED) is 0.765. The molecule has 0 spiro atoms. The summed E-state index contributed by atoms with van der Waals surface area (Å²) in [6, 6.07) is 7.68. The lowest BCUT2D eigenvalue weighted by Gasteiger charge is -2.24. The van der Waals surface area contributed by atoms with Crippen molar-refractivity contribution in [3.63, 3.8) is 0 Å². The molecule has 1 aromatic carbocycles. The number of nitrogens with one attached hydrogen (secondary N) is 1. The van der Waals surface area contributed by atoms with Crippen LogP contribution in [0.2, 0.25) is 0 Å². The Kier molecular flexibility index (Phi) is 6.01. The van der Waals surface area contributed by atoms with E-state index in [0.717, 1.165) is 25.1 Å². The van der Waals surface area contributed by atoms with Gasteiger partial charge in [0.15, 0.2) is 0 Å². The molecule has 0 saturated heterocycles. The van der Waals surface area contributed by atoms with Gasteiger partial charge in [-0.15, -0.1) is 0 Å². The molecule has 0 aliphatic rings. The Balaban J connectivity index is 2.65. The minimum Gasteiger partial charge on any atom is -0.508 e. The fourth-order valence-corrected chi connectivity index (χ4v) is 1.98. The molecule has 96 valence electrons. The van der Waals surface area contributed by atoms with Gasteiger partial charge in [-0.1, -0.05) is 19.1 Å². The maximum Gasteiger partial charge on any atom is 0.115 e. The molecular formula is C14H23NO2. The van der Waals surface area contributed by atoms with Crippen LogP contribution in [-0.4, -0.2) is 30.4 Å². The van der Waals surface area contributed by atoms with E-state index in [1.54, 1.807) is 6.07 Å². The molecule has 0 aliphatic heterocycles. The number of ether oxygens (including phenoxy) is 1. The Morgan fingerprint density at radius 2 is 2.12 bits per heavy atom. The Morgan fingerprint density at radius 1 is 1.35 bits per heavy atom. The van der Waals surface area contributed by atoms with Gasteiger partial charge in [-0.05, 0) is 44.5 Å². The second-order valence-corrected chi connectivity index (χ2v) is 4.20. The minimum absolute atomic E-state index is 0.169. The smallest absolute Gasteiger partial charge is 0.115 e. The summed E-state index contributed by atoms with van der Waals surface area (Å²) in [6.07, 6.45) is 1.03. The third-order valence-corrected chi connectivity index (χ3v) is 2.83. The highest BCUT2D eigenvalue weighted by Gasteiger charge is 2.16. The standard InChI is InChI=1S/C14H23NO2/c1-4-15-14(11(3)17-5-2)10-12-7-6-8-13(16)9-12/h6-9,11,14-16H,4-5,10H2,1-3H3. The van der Waals surface area contributed by atoms with Crippen LogP contribution in [0.25, 0.3) is 0 Å². The summed E-state index contributed by atoms with van der Waals surface area (Å²) in [5.74, 6) is 0.321. The van der Waals surface area contributed by atoms with E-state index in [1.165, 1.54) is 0 Å². The second kappa shape index (κ2) is 7.30. The summed E-state index contributed by atoms with van der Waals surface area (Å²) in [5.41, 5.74) is 1.13. The number of aromatic hydroxyl groups is 1. The topological polar surface area (TPSA) is 41.5 Å². The van der Waals surface area contributed by atoms with Crippen molar-refractivity contribution >= 4 is 0 Å². The highest BCUT2D eigenvalue weighted by atomic mass is 16.5. The van der Waals surface area contributed by atoms with Crippen molar-refractivity contribution in [2.45, 2.75) is 39.3 Å². The van der Waals surface area contributed by atoms with Crippen LogP contribution in [0, 0.1) is 0 Å². The van der Waals surface area contributed by atoms with E-state index >= 15 is 0 Å². The third kappa shape index (κ3) is 4.75. The van der Waals surface area contributed by atoms with Gasteiger partial charge < -0.3 is 15.2 Å². The van der Waals surface area contributed by atoms with Crippen LogP contribution in [0.3, 0.4) is 0 Å². The van der Waals surface area contributed by atoms with Crippen molar-refractivity contribution < 1.29 is 9.84 Å². The van der Waals surface area contributed by atoms with E-state index in [-0.39, 0.29) is 12.1 Å². The average molecular weight is 237 g/mol. The van der Waals surface area contributed by atoms with Gasteiger partial charge in [-0.25, -0.2) is 0 Å². The molecule has 3 heteroatoms. The molecular weight excluding hydrogens is 214 g/mol. The van der Waals surface area contributed by atoms with Gasteiger partial charge in [0.1, 0.15) is 5.75 Å². The zero-order valence-electron chi connectivity index (χ0n) is 10.9. The molecule has 0 bridgehead atoms. The van der Waals surface area contributed by atoms with Gasteiger partial charge in [0.2, 0.25) is 0 Å². The van der Waals surface area contributed by atoms with Crippen molar-refractivity contribution in [2.75, 3.05) is 13.2 Å². The average Bonchev–Trinajstić information content (AvgIpc) is 2.29. The van der Waals surface area contributed by atoms with Crippen molar-refractivity contribution in [3.05, 3.63) is 29.8 Å². The molecule has 2 unspecified atom stereocenters. The molecule has 2 atom stereocenters. The molecule has 0 saturated carbocycles. The predicted octanol–water partition coefficient (Wildman–Crippen LogP) is 2.34. The lowest BCUT2D eigenvalue weighted by molar-refractivity contribution is 0.0480. The Labute approximate surface area is 104 Å². The zero-order chi connectivity index (χ0) is 12.7. The maximum absolute atomic E-state index is 9.45. The van der Waals surface area contributed by atoms with Crippen LogP contribution in [0.15, 0.2) is 24.3 Å². The lowest BCUT2D eigenvalue weighted by Crippen LogP contribution is -2.41. The van der Waals surface area contributed by atoms with E-state index in [9.17, 15) is 5.11 Å². The number of hydrogen-bond donors (Lipinski definition) is 2. The summed E-state index contributed by atoms with van der Waals surface area (Å²) in [5, 5.41) is 12.9. The van der Waals surface area contributed by atoms with E-state index in [2.05, 4.69) is 19.2 Å². The van der Waals surface area contributed by atoms with E-state index in [1.807, 2.05) is 25.1 Å². The van der Waals surface area contributed by atoms with Gasteiger partial charge >= 0.3 is 0 Å². The van der Waals surface area contributed by atoms with E-state index in [0.29, 0.717) is 5.75 Å². The Bertz CT molecular complexity index is 328. The maximum atomic E-state index is 9.45. The van der Waals surface area contributed by atoms with Crippen LogP contribution in [0.1, 0.15) is 26.3 Å². The van der Waals surface area contributed by atoms with Crippen molar-refractivity contribution in [1.82, 2.24) is 5.32 Å². The van der Waals surface area contributed by atoms with Gasteiger partial charge in [-0.2, -0.15) is 0 Å². The first-order chi connectivity index (χ1) is 8.17. The molecule has 3 nitrogen and oxygen atoms in total. The number of hydrogen-bond acceptors (Lipinski definition) is 3. The largest absolute Gasteiger partial charge is 0.508 e. The number of phenolic OH excluding ortho intramolecular Hbond substituents is 1. The van der Waals surface area contributed by atoms with Crippen LogP contribution in [-0.2, 0) is 11.2 Å². The Hall–Kier alpha value is -1.06. The fourth-order valence-electron chi connectivity index (χ4n) is 1.98. The van der Waals surface area contributed by atoms with Crippen molar-refractivity contribution in [3.8, 4) is 5.75 Å². The van der Waals surface area contributed by atoms with Crippen LogP contribution in [0.4, 0.5) is 0 Å². The molecule has 0 aliphatic carbocycles. The molecule has 0 amide bonds. The van der Waals surface area contributed by atoms with Crippen molar-refractivity contribution in [1.29, 1.82) is 0 Å². The predicted molar refractivity (Wildman–Crippen MR) is 70.4 cm³/mol. The highest BCUT2D eigenvalue weighted by molar-refractivity contribution is 5.27. The first kappa shape index (κ1) is 14.0. The van der Waals surface area contributed by atoms with Crippen LogP contribution in [0.5, 0.6) is 5.75 Å². The molecule has 1 rings (SSSR count). The van der Waals surface area contributed by atoms with Gasteiger partial charge in [0.05, 0.1) is 6.10 Å². The molecule has 1 aromatic rings.